The van der Waals surface area contributed by atoms with Gasteiger partial charge in [0.2, 0.25) is 0 Å². The number of hydrogen-bond acceptors (Lipinski definition) is 4. The molecule has 21 heavy (non-hydrogen) atoms. The van der Waals surface area contributed by atoms with E-state index in [9.17, 15) is 0 Å². The summed E-state index contributed by atoms with van der Waals surface area (Å²) in [5, 5.41) is 0. The highest BCUT2D eigenvalue weighted by Crippen LogP contribution is 2.45. The second-order valence-electron chi connectivity index (χ2n) is 6.77. The maximum Gasteiger partial charge on any atom is 0.196 e. The third-order valence-electron chi connectivity index (χ3n) is 5.38. The number of thiophene rings is 1. The molecule has 1 saturated carbocycles. The minimum Gasteiger partial charge on any atom is -0.343 e. The van der Waals surface area contributed by atoms with Crippen molar-refractivity contribution < 1.29 is 9.47 Å². The van der Waals surface area contributed by atoms with Crippen LogP contribution in [0, 0.1) is 5.92 Å². The fourth-order valence-corrected chi connectivity index (χ4v) is 5.59. The van der Waals surface area contributed by atoms with Crippen molar-refractivity contribution in [2.45, 2.75) is 63.2 Å². The van der Waals surface area contributed by atoms with Crippen molar-refractivity contribution in [2.75, 3.05) is 13.2 Å². The van der Waals surface area contributed by atoms with E-state index >= 15 is 0 Å². The van der Waals surface area contributed by atoms with Gasteiger partial charge in [0, 0.05) is 27.8 Å². The van der Waals surface area contributed by atoms with Gasteiger partial charge in [-0.25, -0.2) is 0 Å². The average Bonchev–Trinajstić information content (AvgIpc) is 3.18. The van der Waals surface area contributed by atoms with Crippen molar-refractivity contribution in [3.63, 3.8) is 0 Å². The molecule has 2 fully saturated rings. The van der Waals surface area contributed by atoms with Crippen LogP contribution < -0.4 is 5.73 Å². The van der Waals surface area contributed by atoms with Crippen LogP contribution in [0.25, 0.3) is 0 Å². The van der Waals surface area contributed by atoms with E-state index in [0.29, 0.717) is 6.04 Å². The molecule has 3 aliphatic rings. The normalized spacial score (nSPS) is 26.3. The minimum atomic E-state index is -0.417. The molecule has 0 radical (unpaired) electrons. The third-order valence-corrected chi connectivity index (χ3v) is 6.59. The van der Waals surface area contributed by atoms with Crippen molar-refractivity contribution in [2.24, 2.45) is 11.7 Å². The van der Waals surface area contributed by atoms with E-state index < -0.39 is 5.79 Å². The maximum atomic E-state index is 6.46. The van der Waals surface area contributed by atoms with Gasteiger partial charge in [0.25, 0.3) is 0 Å². The average molecular weight is 307 g/mol. The summed E-state index contributed by atoms with van der Waals surface area (Å²) in [6, 6.07) is 2.66. The highest BCUT2D eigenvalue weighted by atomic mass is 32.1. The first-order chi connectivity index (χ1) is 10.3. The zero-order chi connectivity index (χ0) is 14.3. The van der Waals surface area contributed by atoms with E-state index in [0.717, 1.165) is 32.0 Å². The zero-order valence-corrected chi connectivity index (χ0v) is 13.4. The predicted molar refractivity (Wildman–Crippen MR) is 84.5 cm³/mol. The number of nitrogens with two attached hydrogens (primary N) is 1. The molecule has 0 amide bonds. The Morgan fingerprint density at radius 3 is 2.76 bits per heavy atom. The van der Waals surface area contributed by atoms with Gasteiger partial charge in [-0.3, -0.25) is 0 Å². The largest absolute Gasteiger partial charge is 0.343 e. The lowest BCUT2D eigenvalue weighted by Gasteiger charge is -2.31. The van der Waals surface area contributed by atoms with Crippen LogP contribution >= 0.6 is 11.3 Å². The molecule has 2 N–H and O–H groups in total. The van der Waals surface area contributed by atoms with Crippen LogP contribution in [0.1, 0.15) is 53.8 Å². The molecule has 1 saturated heterocycles. The molecular weight excluding hydrogens is 282 g/mol. The van der Waals surface area contributed by atoms with Crippen molar-refractivity contribution in [3.05, 3.63) is 21.4 Å². The van der Waals surface area contributed by atoms with Gasteiger partial charge in [0.15, 0.2) is 5.79 Å². The summed E-state index contributed by atoms with van der Waals surface area (Å²) >= 11 is 1.94. The molecule has 4 rings (SSSR count). The predicted octanol–water partition coefficient (Wildman–Crippen LogP) is 3.34. The Morgan fingerprint density at radius 1 is 1.24 bits per heavy atom. The Kier molecular flexibility index (Phi) is 3.82. The molecule has 1 unspecified atom stereocenters. The van der Waals surface area contributed by atoms with E-state index in [2.05, 4.69) is 6.07 Å². The Hall–Kier alpha value is -0.420. The van der Waals surface area contributed by atoms with Gasteiger partial charge in [-0.1, -0.05) is 12.8 Å². The van der Waals surface area contributed by atoms with E-state index in [1.807, 2.05) is 11.3 Å². The number of rotatable bonds is 3. The lowest BCUT2D eigenvalue weighted by molar-refractivity contribution is -0.175. The van der Waals surface area contributed by atoms with Gasteiger partial charge in [-0.15, -0.1) is 11.3 Å². The van der Waals surface area contributed by atoms with E-state index in [1.54, 1.807) is 0 Å². The van der Waals surface area contributed by atoms with E-state index in [1.165, 1.54) is 53.8 Å². The lowest BCUT2D eigenvalue weighted by atomic mass is 9.91. The fraction of sp³-hybridized carbons (Fsp3) is 0.765. The number of aryl methyl sites for hydroxylation is 1. The lowest BCUT2D eigenvalue weighted by Crippen LogP contribution is -2.31. The van der Waals surface area contributed by atoms with Crippen LogP contribution in [0.3, 0.4) is 0 Å². The first kappa shape index (κ1) is 14.2. The smallest absolute Gasteiger partial charge is 0.196 e. The summed E-state index contributed by atoms with van der Waals surface area (Å²) in [7, 11) is 0. The molecule has 2 aliphatic carbocycles. The molecular formula is C17H25NO2S. The monoisotopic (exact) mass is 307 g/mol. The second-order valence-corrected chi connectivity index (χ2v) is 7.99. The molecule has 1 aromatic rings. The summed E-state index contributed by atoms with van der Waals surface area (Å²) in [6.07, 6.45) is 9.75. The summed E-state index contributed by atoms with van der Waals surface area (Å²) in [4.78, 5) is 2.90. The minimum absolute atomic E-state index is 0.328. The van der Waals surface area contributed by atoms with Gasteiger partial charge in [0.05, 0.1) is 13.2 Å². The van der Waals surface area contributed by atoms with Crippen LogP contribution in [0.5, 0.6) is 0 Å². The standard InChI is InChI=1S/C17H25NO2S/c18-15(12-4-1-2-5-12)11-13-10-14-16(21-13)6-3-7-17(14)19-8-9-20-17/h10,12,15H,1-9,11,18H2. The molecule has 1 atom stereocenters. The fourth-order valence-electron chi connectivity index (χ4n) is 4.25. The molecule has 4 heteroatoms. The highest BCUT2D eigenvalue weighted by Gasteiger charge is 2.43. The van der Waals surface area contributed by atoms with E-state index in [4.69, 9.17) is 15.2 Å². The molecule has 3 nitrogen and oxygen atoms in total. The molecule has 1 aliphatic heterocycles. The first-order valence-electron chi connectivity index (χ1n) is 8.42. The Bertz CT molecular complexity index is 501. The quantitative estimate of drug-likeness (QED) is 0.931. The van der Waals surface area contributed by atoms with Crippen molar-refractivity contribution >= 4 is 11.3 Å². The summed E-state index contributed by atoms with van der Waals surface area (Å²) in [5.41, 5.74) is 7.77. The van der Waals surface area contributed by atoms with Gasteiger partial charge >= 0.3 is 0 Å². The summed E-state index contributed by atoms with van der Waals surface area (Å²) < 4.78 is 12.0. The second kappa shape index (κ2) is 5.65. The van der Waals surface area contributed by atoms with Gasteiger partial charge in [0.1, 0.15) is 0 Å². The third kappa shape index (κ3) is 2.56. The van der Waals surface area contributed by atoms with E-state index in [-0.39, 0.29) is 0 Å². The Morgan fingerprint density at radius 2 is 2.00 bits per heavy atom. The van der Waals surface area contributed by atoms with Gasteiger partial charge in [-0.05, 0) is 44.1 Å². The Balaban J connectivity index is 1.54. The van der Waals surface area contributed by atoms with Crippen LogP contribution in [0.15, 0.2) is 6.07 Å². The van der Waals surface area contributed by atoms with Crippen LogP contribution in [-0.2, 0) is 28.1 Å². The number of hydrogen-bond donors (Lipinski definition) is 1. The SMILES string of the molecule is NC(Cc1cc2c(s1)CCCC21OCCO1)C1CCCC1. The van der Waals surface area contributed by atoms with Crippen molar-refractivity contribution in [3.8, 4) is 0 Å². The first-order valence-corrected chi connectivity index (χ1v) is 9.24. The maximum absolute atomic E-state index is 6.46. The van der Waals surface area contributed by atoms with Crippen molar-refractivity contribution in [1.82, 2.24) is 0 Å². The topological polar surface area (TPSA) is 44.5 Å². The van der Waals surface area contributed by atoms with Crippen LogP contribution in [-0.4, -0.2) is 19.3 Å². The number of fused-ring (bicyclic) bond motifs is 2. The van der Waals surface area contributed by atoms with Crippen LogP contribution in [0.4, 0.5) is 0 Å². The summed E-state index contributed by atoms with van der Waals surface area (Å²) in [6.45, 7) is 1.46. The Labute approximate surface area is 130 Å². The molecule has 0 aromatic carbocycles. The highest BCUT2D eigenvalue weighted by molar-refractivity contribution is 7.12. The zero-order valence-electron chi connectivity index (χ0n) is 12.6. The summed E-state index contributed by atoms with van der Waals surface area (Å²) in [5.74, 6) is 0.317. The molecule has 2 heterocycles. The van der Waals surface area contributed by atoms with Crippen LogP contribution in [0.2, 0.25) is 0 Å². The molecule has 116 valence electrons. The van der Waals surface area contributed by atoms with Gasteiger partial charge < -0.3 is 15.2 Å². The molecule has 0 bridgehead atoms. The molecule has 1 spiro atoms. The number of ether oxygens (including phenoxy) is 2. The van der Waals surface area contributed by atoms with Crippen molar-refractivity contribution in [1.29, 1.82) is 0 Å². The van der Waals surface area contributed by atoms with Gasteiger partial charge in [-0.2, -0.15) is 0 Å². The molecule has 1 aromatic heterocycles.